The quantitative estimate of drug-likeness (QED) is 0.567. The molecule has 0 aromatic heterocycles. The lowest BCUT2D eigenvalue weighted by Gasteiger charge is -2.14. The summed E-state index contributed by atoms with van der Waals surface area (Å²) in [7, 11) is 0. The van der Waals surface area contributed by atoms with E-state index in [0.717, 1.165) is 31.3 Å². The van der Waals surface area contributed by atoms with E-state index in [1.807, 2.05) is 0 Å². The van der Waals surface area contributed by atoms with Gasteiger partial charge in [-0.1, -0.05) is 13.3 Å². The highest BCUT2D eigenvalue weighted by Gasteiger charge is 2.17. The van der Waals surface area contributed by atoms with Crippen LogP contribution >= 0.6 is 22.6 Å². The first-order valence-corrected chi connectivity index (χ1v) is 6.24. The molecule has 0 radical (unpaired) electrons. The van der Waals surface area contributed by atoms with Crippen molar-refractivity contribution in [3.05, 3.63) is 9.15 Å². The van der Waals surface area contributed by atoms with Crippen molar-refractivity contribution in [3.8, 4) is 0 Å². The highest BCUT2D eigenvalue weighted by Crippen LogP contribution is 2.28. The zero-order chi connectivity index (χ0) is 9.68. The average Bonchev–Trinajstić information content (AvgIpc) is 2.15. The molecule has 13 heavy (non-hydrogen) atoms. The molecule has 1 aliphatic rings. The van der Waals surface area contributed by atoms with Gasteiger partial charge >= 0.3 is 0 Å². The second-order valence-electron chi connectivity index (χ2n) is 3.62. The van der Waals surface area contributed by atoms with Gasteiger partial charge in [0.05, 0.1) is 0 Å². The summed E-state index contributed by atoms with van der Waals surface area (Å²) in [5, 5.41) is 0. The third-order valence-electron chi connectivity index (χ3n) is 2.49. The van der Waals surface area contributed by atoms with E-state index in [1.165, 1.54) is 22.8 Å². The molecule has 0 N–H and O–H groups in total. The summed E-state index contributed by atoms with van der Waals surface area (Å²) in [5.74, 6) is 0.409. The van der Waals surface area contributed by atoms with Crippen LogP contribution in [0.2, 0.25) is 0 Å². The molecule has 0 aromatic rings. The van der Waals surface area contributed by atoms with Gasteiger partial charge in [0.25, 0.3) is 0 Å². The fourth-order valence-corrected chi connectivity index (χ4v) is 2.60. The van der Waals surface area contributed by atoms with Gasteiger partial charge in [0.15, 0.2) is 5.78 Å². The minimum atomic E-state index is 0.409. The fourth-order valence-electron chi connectivity index (χ4n) is 1.65. The third kappa shape index (κ3) is 3.41. The summed E-state index contributed by atoms with van der Waals surface area (Å²) in [6, 6.07) is 0. The van der Waals surface area contributed by atoms with Gasteiger partial charge < -0.3 is 0 Å². The van der Waals surface area contributed by atoms with Gasteiger partial charge in [-0.25, -0.2) is 0 Å². The first-order chi connectivity index (χ1) is 6.25. The summed E-state index contributed by atoms with van der Waals surface area (Å²) >= 11 is 2.36. The van der Waals surface area contributed by atoms with Crippen molar-refractivity contribution < 1.29 is 4.79 Å². The number of unbranched alkanes of at least 4 members (excludes halogenated alkanes) is 1. The number of ketones is 1. The van der Waals surface area contributed by atoms with Gasteiger partial charge in [-0.2, -0.15) is 0 Å². The molecule has 0 heterocycles. The van der Waals surface area contributed by atoms with Crippen LogP contribution in [0.3, 0.4) is 0 Å². The lowest BCUT2D eigenvalue weighted by Crippen LogP contribution is -2.09. The molecule has 0 unspecified atom stereocenters. The predicted octanol–water partition coefficient (Wildman–Crippen LogP) is 4.01. The predicted molar refractivity (Wildman–Crippen MR) is 64.0 cm³/mol. The maximum absolute atomic E-state index is 11.5. The fraction of sp³-hybridized carbons (Fsp3) is 0.727. The van der Waals surface area contributed by atoms with Crippen molar-refractivity contribution in [2.75, 3.05) is 0 Å². The highest BCUT2D eigenvalue weighted by atomic mass is 127. The Balaban J connectivity index is 2.58. The smallest absolute Gasteiger partial charge is 0.159 e. The summed E-state index contributed by atoms with van der Waals surface area (Å²) < 4.78 is 1.32. The Labute approximate surface area is 94.1 Å². The Bertz CT molecular complexity index is 218. The van der Waals surface area contributed by atoms with Crippen LogP contribution in [-0.2, 0) is 4.79 Å². The maximum atomic E-state index is 11.5. The van der Waals surface area contributed by atoms with Crippen LogP contribution in [0.25, 0.3) is 0 Å². The Hall–Kier alpha value is 0.140. The molecule has 0 atom stereocenters. The molecule has 0 spiro atoms. The molecule has 1 aliphatic carbocycles. The lowest BCUT2D eigenvalue weighted by atomic mass is 9.92. The molecule has 0 bridgehead atoms. The number of halogens is 1. The van der Waals surface area contributed by atoms with Crippen molar-refractivity contribution >= 4 is 28.4 Å². The molecule has 0 aromatic carbocycles. The topological polar surface area (TPSA) is 17.1 Å². The first-order valence-electron chi connectivity index (χ1n) is 5.16. The van der Waals surface area contributed by atoms with E-state index in [-0.39, 0.29) is 0 Å². The van der Waals surface area contributed by atoms with E-state index in [9.17, 15) is 4.79 Å². The lowest BCUT2D eigenvalue weighted by molar-refractivity contribution is -0.116. The summed E-state index contributed by atoms with van der Waals surface area (Å²) in [5.41, 5.74) is 1.14. The Morgan fingerprint density at radius 1 is 1.38 bits per heavy atom. The molecule has 0 amide bonds. The molecule has 2 heteroatoms. The minimum absolute atomic E-state index is 0.409. The highest BCUT2D eigenvalue weighted by molar-refractivity contribution is 14.1. The second kappa shape index (κ2) is 5.78. The van der Waals surface area contributed by atoms with Crippen LogP contribution in [0.1, 0.15) is 51.9 Å². The van der Waals surface area contributed by atoms with Crippen LogP contribution < -0.4 is 0 Å². The zero-order valence-electron chi connectivity index (χ0n) is 8.24. The maximum Gasteiger partial charge on any atom is 0.159 e. The Morgan fingerprint density at radius 2 is 2.08 bits per heavy atom. The van der Waals surface area contributed by atoms with Crippen molar-refractivity contribution in [2.45, 2.75) is 51.9 Å². The van der Waals surface area contributed by atoms with Gasteiger partial charge in [-0.05, 0) is 58.3 Å². The van der Waals surface area contributed by atoms with Crippen LogP contribution in [0.4, 0.5) is 0 Å². The van der Waals surface area contributed by atoms with Gasteiger partial charge in [0, 0.05) is 12.0 Å². The molecule has 1 saturated carbocycles. The zero-order valence-corrected chi connectivity index (χ0v) is 10.4. The molecule has 0 saturated heterocycles. The number of hydrogen-bond donors (Lipinski definition) is 0. The van der Waals surface area contributed by atoms with Gasteiger partial charge in [0.2, 0.25) is 0 Å². The molecular formula is C11H17IO. The van der Waals surface area contributed by atoms with Gasteiger partial charge in [-0.3, -0.25) is 4.79 Å². The van der Waals surface area contributed by atoms with Crippen LogP contribution in [0.15, 0.2) is 9.15 Å². The van der Waals surface area contributed by atoms with Crippen molar-refractivity contribution in [1.82, 2.24) is 0 Å². The Morgan fingerprint density at radius 3 is 2.69 bits per heavy atom. The van der Waals surface area contributed by atoms with Gasteiger partial charge in [0.1, 0.15) is 0 Å². The molecule has 0 aliphatic heterocycles. The van der Waals surface area contributed by atoms with Crippen LogP contribution in [0, 0.1) is 0 Å². The van der Waals surface area contributed by atoms with Crippen molar-refractivity contribution in [3.63, 3.8) is 0 Å². The van der Waals surface area contributed by atoms with Crippen LogP contribution in [-0.4, -0.2) is 5.78 Å². The van der Waals surface area contributed by atoms with E-state index in [2.05, 4.69) is 29.5 Å². The largest absolute Gasteiger partial charge is 0.295 e. The third-order valence-corrected chi connectivity index (χ3v) is 3.68. The molecule has 1 rings (SSSR count). The van der Waals surface area contributed by atoms with Gasteiger partial charge in [-0.15, -0.1) is 0 Å². The number of allylic oxidation sites excluding steroid dienone is 2. The van der Waals surface area contributed by atoms with E-state index in [4.69, 9.17) is 0 Å². The van der Waals surface area contributed by atoms with E-state index >= 15 is 0 Å². The SMILES string of the molecule is CCCC/C(I)=C1\CCCCC1=O. The van der Waals surface area contributed by atoms with Crippen molar-refractivity contribution in [1.29, 1.82) is 0 Å². The monoisotopic (exact) mass is 292 g/mol. The summed E-state index contributed by atoms with van der Waals surface area (Å²) in [4.78, 5) is 11.5. The standard InChI is InChI=1S/C11H17IO/c1-2-3-7-10(12)9-6-4-5-8-11(9)13/h2-8H2,1H3/b10-9-. The summed E-state index contributed by atoms with van der Waals surface area (Å²) in [6.45, 7) is 2.19. The van der Waals surface area contributed by atoms with E-state index in [1.54, 1.807) is 0 Å². The number of hydrogen-bond acceptors (Lipinski definition) is 1. The number of Topliss-reactive ketones (excluding diaryl/α,β-unsaturated/α-hetero) is 1. The second-order valence-corrected chi connectivity index (χ2v) is 4.92. The Kier molecular flexibility index (Phi) is 4.99. The molecule has 1 nitrogen and oxygen atoms in total. The molecular weight excluding hydrogens is 275 g/mol. The first kappa shape index (κ1) is 11.2. The normalized spacial score (nSPS) is 21.8. The number of carbonyl (C=O) groups excluding carboxylic acids is 1. The van der Waals surface area contributed by atoms with Crippen molar-refractivity contribution in [2.24, 2.45) is 0 Å². The summed E-state index contributed by atoms with van der Waals surface area (Å²) in [6.07, 6.45) is 7.66. The van der Waals surface area contributed by atoms with Crippen LogP contribution in [0.5, 0.6) is 0 Å². The minimum Gasteiger partial charge on any atom is -0.295 e. The molecule has 74 valence electrons. The number of rotatable bonds is 3. The van der Waals surface area contributed by atoms with E-state index < -0.39 is 0 Å². The average molecular weight is 292 g/mol. The molecule has 1 fully saturated rings. The van der Waals surface area contributed by atoms with E-state index in [0.29, 0.717) is 5.78 Å². The number of carbonyl (C=O) groups is 1.